The van der Waals surface area contributed by atoms with Gasteiger partial charge in [-0.25, -0.2) is 0 Å². The first-order valence-corrected chi connectivity index (χ1v) is 9.92. The molecule has 0 atom stereocenters. The maximum absolute atomic E-state index is 11.7. The van der Waals surface area contributed by atoms with Crippen LogP contribution in [-0.4, -0.2) is 96.0 Å². The van der Waals surface area contributed by atoms with Crippen LogP contribution in [0.1, 0.15) is 0 Å². The average molecular weight is 992 g/mol. The number of carboxylic acids is 4. The molecule has 0 unspecified atom stereocenters. The quantitative estimate of drug-likeness (QED) is 0.335. The molecule has 0 rings (SSSR count). The Balaban J connectivity index is -0.000000192. The SMILES string of the molecule is O=C([O-])C(F)(F)C(F)(F)C(F)(F)F.O=C([O-])C(F)(F)C(F)(F)C(F)(F)F.O=C([O-])C(F)(F)C(F)(F)C(F)(F)F.O=C([O-])C(F)(F)C(F)(F)C(F)(F)F.[Ce+4]. The zero-order chi connectivity index (χ0) is 44.3. The molecular formula is C16CeF28O8. The third-order valence-corrected chi connectivity index (χ3v) is 4.03. The van der Waals surface area contributed by atoms with Crippen molar-refractivity contribution >= 4 is 23.9 Å². The van der Waals surface area contributed by atoms with Crippen LogP contribution in [0.5, 0.6) is 0 Å². The van der Waals surface area contributed by atoms with Gasteiger partial charge in [0.05, 0.1) is 0 Å². The summed E-state index contributed by atoms with van der Waals surface area (Å²) in [5.74, 6) is -66.8. The summed E-state index contributed by atoms with van der Waals surface area (Å²) in [5.41, 5.74) is 0. The number of hydrogen-bond acceptors (Lipinski definition) is 8. The molecule has 0 aliphatic carbocycles. The van der Waals surface area contributed by atoms with Gasteiger partial charge >= 0.3 is 114 Å². The van der Waals surface area contributed by atoms with Crippen molar-refractivity contribution in [3.8, 4) is 0 Å². The molecule has 0 aromatic carbocycles. The van der Waals surface area contributed by atoms with Gasteiger partial charge in [-0.15, -0.1) is 0 Å². The van der Waals surface area contributed by atoms with E-state index in [0.717, 1.165) is 0 Å². The first-order valence-electron chi connectivity index (χ1n) is 9.92. The monoisotopic (exact) mass is 992 g/mol. The van der Waals surface area contributed by atoms with Gasteiger partial charge < -0.3 is 39.6 Å². The maximum Gasteiger partial charge on any atom is 4.00 e. The van der Waals surface area contributed by atoms with E-state index in [0.29, 0.717) is 0 Å². The summed E-state index contributed by atoms with van der Waals surface area (Å²) in [6.45, 7) is 0. The van der Waals surface area contributed by atoms with E-state index in [-0.39, 0.29) is 41.7 Å². The van der Waals surface area contributed by atoms with Crippen molar-refractivity contribution in [2.75, 3.05) is 0 Å². The number of aliphatic carboxylic acids is 4. The Morgan fingerprint density at radius 3 is 0.340 bits per heavy atom. The smallest absolute Gasteiger partial charge is 0.544 e. The second-order valence-electron chi connectivity index (χ2n) is 7.74. The van der Waals surface area contributed by atoms with Gasteiger partial charge in [-0.1, -0.05) is 0 Å². The molecule has 53 heavy (non-hydrogen) atoms. The van der Waals surface area contributed by atoms with Crippen LogP contribution < -0.4 is 20.4 Å². The van der Waals surface area contributed by atoms with E-state index in [1.54, 1.807) is 0 Å². The van der Waals surface area contributed by atoms with Gasteiger partial charge in [0.1, 0.15) is 23.9 Å². The van der Waals surface area contributed by atoms with E-state index >= 15 is 0 Å². The Kier molecular flexibility index (Phi) is 19.6. The number of rotatable bonds is 8. The van der Waals surface area contributed by atoms with E-state index in [4.69, 9.17) is 0 Å². The van der Waals surface area contributed by atoms with Crippen LogP contribution >= 0.6 is 0 Å². The van der Waals surface area contributed by atoms with Crippen molar-refractivity contribution in [3.05, 3.63) is 0 Å². The maximum atomic E-state index is 11.7. The first-order chi connectivity index (χ1) is 21.8. The molecule has 0 saturated heterocycles. The van der Waals surface area contributed by atoms with Gasteiger partial charge in [0.25, 0.3) is 0 Å². The summed E-state index contributed by atoms with van der Waals surface area (Å²) < 4.78 is 321. The molecule has 0 amide bonds. The third-order valence-electron chi connectivity index (χ3n) is 4.03. The molecule has 0 aromatic heterocycles. The fourth-order valence-corrected chi connectivity index (χ4v) is 1.22. The van der Waals surface area contributed by atoms with Crippen molar-refractivity contribution in [3.63, 3.8) is 0 Å². The number of halogens is 28. The molecular weight excluding hydrogens is 992 g/mol. The molecule has 8 nitrogen and oxygen atoms in total. The van der Waals surface area contributed by atoms with Crippen molar-refractivity contribution in [1.82, 2.24) is 0 Å². The van der Waals surface area contributed by atoms with Crippen LogP contribution in [-0.2, 0) is 19.2 Å². The fourth-order valence-electron chi connectivity index (χ4n) is 1.22. The largest absolute Gasteiger partial charge is 4.00 e. The molecule has 0 saturated carbocycles. The van der Waals surface area contributed by atoms with Crippen molar-refractivity contribution < 1.29 is 204 Å². The molecule has 0 aromatic rings. The molecule has 0 bridgehead atoms. The van der Waals surface area contributed by atoms with Gasteiger partial charge in [-0.2, -0.15) is 123 Å². The molecule has 37 heteroatoms. The molecule has 0 fully saturated rings. The molecule has 0 spiro atoms. The van der Waals surface area contributed by atoms with Crippen LogP contribution in [0, 0.1) is 41.7 Å². The van der Waals surface area contributed by atoms with Crippen LogP contribution in [0.3, 0.4) is 0 Å². The molecule has 0 aliphatic rings. The molecule has 312 valence electrons. The van der Waals surface area contributed by atoms with Crippen LogP contribution in [0.4, 0.5) is 123 Å². The van der Waals surface area contributed by atoms with Crippen LogP contribution in [0.2, 0.25) is 0 Å². The van der Waals surface area contributed by atoms with E-state index in [1.807, 2.05) is 0 Å². The number of carbonyl (C=O) groups is 4. The number of hydrogen-bond donors (Lipinski definition) is 0. The fraction of sp³-hybridized carbons (Fsp3) is 0.750. The predicted octanol–water partition coefficient (Wildman–Crippen LogP) is 2.28. The first kappa shape index (κ1) is 59.6. The molecule has 0 radical (unpaired) electrons. The second-order valence-corrected chi connectivity index (χ2v) is 7.74. The van der Waals surface area contributed by atoms with E-state index in [1.165, 1.54) is 0 Å². The standard InChI is InChI=1S/4C4HF7O2.Ce/c4*5-2(6,1(12)13)3(7,8)4(9,10)11;/h4*(H,12,13);/q;;;;+4/p-4. The predicted molar refractivity (Wildman–Crippen MR) is 83.8 cm³/mol. The minimum Gasteiger partial charge on any atom is -0.544 e. The zero-order valence-electron chi connectivity index (χ0n) is 22.3. The molecule has 0 N–H and O–H groups in total. The molecule has 0 aliphatic heterocycles. The van der Waals surface area contributed by atoms with Crippen molar-refractivity contribution in [2.45, 2.75) is 72.1 Å². The van der Waals surface area contributed by atoms with E-state index in [2.05, 4.69) is 0 Å². The number of carbonyl (C=O) groups excluding carboxylic acids is 4. The minimum absolute atomic E-state index is 0. The Morgan fingerprint density at radius 2 is 0.321 bits per heavy atom. The summed E-state index contributed by atoms with van der Waals surface area (Å²) in [5, 5.41) is 37.1. The summed E-state index contributed by atoms with van der Waals surface area (Å²) in [6, 6.07) is 0. The van der Waals surface area contributed by atoms with Gasteiger partial charge in [0.2, 0.25) is 0 Å². The normalized spacial score (nSPS) is 14.1. The van der Waals surface area contributed by atoms with Crippen molar-refractivity contribution in [2.24, 2.45) is 0 Å². The van der Waals surface area contributed by atoms with Crippen LogP contribution in [0.25, 0.3) is 0 Å². The Labute approximate surface area is 300 Å². The Hall–Kier alpha value is -2.70. The summed E-state index contributed by atoms with van der Waals surface area (Å²) in [7, 11) is 0. The van der Waals surface area contributed by atoms with Gasteiger partial charge in [0, 0.05) is 0 Å². The third kappa shape index (κ3) is 12.7. The number of alkyl halides is 28. The molecule has 0 heterocycles. The summed E-state index contributed by atoms with van der Waals surface area (Å²) in [4.78, 5) is 37.1. The van der Waals surface area contributed by atoms with Crippen molar-refractivity contribution in [1.29, 1.82) is 0 Å². The average Bonchev–Trinajstić information content (AvgIpc) is 2.86. The summed E-state index contributed by atoms with van der Waals surface area (Å²) in [6.07, 6.45) is -26.6. The second kappa shape index (κ2) is 17.4. The number of carboxylic acid groups (broad SMARTS) is 4. The van der Waals surface area contributed by atoms with Crippen LogP contribution in [0.15, 0.2) is 0 Å². The Bertz CT molecular complexity index is 1070. The topological polar surface area (TPSA) is 161 Å². The van der Waals surface area contributed by atoms with Gasteiger partial charge in [-0.05, 0) is 0 Å². The minimum atomic E-state index is -6.64. The van der Waals surface area contributed by atoms with Gasteiger partial charge in [0.15, 0.2) is 0 Å². The van der Waals surface area contributed by atoms with E-state index in [9.17, 15) is 163 Å². The van der Waals surface area contributed by atoms with E-state index < -0.39 is 96.0 Å². The Morgan fingerprint density at radius 1 is 0.245 bits per heavy atom. The zero-order valence-corrected chi connectivity index (χ0v) is 25.5. The van der Waals surface area contributed by atoms with Gasteiger partial charge in [-0.3, -0.25) is 0 Å². The summed E-state index contributed by atoms with van der Waals surface area (Å²) >= 11 is 0.